The molecule has 148 valence electrons. The summed E-state index contributed by atoms with van der Waals surface area (Å²) in [5, 5.41) is 5.91. The van der Waals surface area contributed by atoms with E-state index in [9.17, 15) is 9.59 Å². The Bertz CT molecular complexity index is 843. The summed E-state index contributed by atoms with van der Waals surface area (Å²) >= 11 is 0. The minimum absolute atomic E-state index is 0.156. The van der Waals surface area contributed by atoms with Gasteiger partial charge in [-0.05, 0) is 49.6 Å². The highest BCUT2D eigenvalue weighted by Crippen LogP contribution is 2.25. The van der Waals surface area contributed by atoms with E-state index in [0.29, 0.717) is 17.0 Å². The standard InChI is InChI=1S/C22H27N3O3/c1-15-9-10-20(28-2)18(13-15)25-22(27)19-14-16(11-12-23-19)21(26)24-17-7-5-3-4-6-8-17/h9-14,17H,3-8H2,1-2H3,(H,24,26)(H,25,27). The van der Waals surface area contributed by atoms with E-state index in [4.69, 9.17) is 4.74 Å². The average Bonchev–Trinajstić information content (AvgIpc) is 2.97. The number of aromatic nitrogens is 1. The highest BCUT2D eigenvalue weighted by molar-refractivity contribution is 6.05. The van der Waals surface area contributed by atoms with Gasteiger partial charge < -0.3 is 15.4 Å². The maximum atomic E-state index is 12.6. The topological polar surface area (TPSA) is 80.3 Å². The van der Waals surface area contributed by atoms with Gasteiger partial charge in [0.1, 0.15) is 11.4 Å². The zero-order chi connectivity index (χ0) is 19.9. The zero-order valence-corrected chi connectivity index (χ0v) is 16.5. The fourth-order valence-electron chi connectivity index (χ4n) is 3.49. The van der Waals surface area contributed by atoms with Gasteiger partial charge in [0, 0.05) is 17.8 Å². The highest BCUT2D eigenvalue weighted by atomic mass is 16.5. The molecule has 1 fully saturated rings. The van der Waals surface area contributed by atoms with Crippen molar-refractivity contribution in [1.82, 2.24) is 10.3 Å². The van der Waals surface area contributed by atoms with E-state index >= 15 is 0 Å². The second-order valence-electron chi connectivity index (χ2n) is 7.25. The van der Waals surface area contributed by atoms with Crippen LogP contribution >= 0.6 is 0 Å². The number of aryl methyl sites for hydroxylation is 1. The Morgan fingerprint density at radius 2 is 1.79 bits per heavy atom. The predicted molar refractivity (Wildman–Crippen MR) is 109 cm³/mol. The minimum Gasteiger partial charge on any atom is -0.495 e. The van der Waals surface area contributed by atoms with Crippen LogP contribution < -0.4 is 15.4 Å². The van der Waals surface area contributed by atoms with Gasteiger partial charge in [0.25, 0.3) is 11.8 Å². The van der Waals surface area contributed by atoms with Gasteiger partial charge in [-0.15, -0.1) is 0 Å². The number of nitrogens with zero attached hydrogens (tertiary/aromatic N) is 1. The zero-order valence-electron chi connectivity index (χ0n) is 16.5. The normalized spacial score (nSPS) is 14.8. The predicted octanol–water partition coefficient (Wildman–Crippen LogP) is 4.10. The lowest BCUT2D eigenvalue weighted by atomic mass is 10.1. The molecule has 1 saturated carbocycles. The molecule has 2 N–H and O–H groups in total. The van der Waals surface area contributed by atoms with Gasteiger partial charge in [-0.1, -0.05) is 31.7 Å². The lowest BCUT2D eigenvalue weighted by Gasteiger charge is -2.16. The summed E-state index contributed by atoms with van der Waals surface area (Å²) in [5.41, 5.74) is 2.21. The third kappa shape index (κ3) is 5.09. The molecule has 0 bridgehead atoms. The van der Waals surface area contributed by atoms with Crippen molar-refractivity contribution in [1.29, 1.82) is 0 Å². The van der Waals surface area contributed by atoms with Crippen molar-refractivity contribution in [3.8, 4) is 5.75 Å². The lowest BCUT2D eigenvalue weighted by molar-refractivity contribution is 0.0933. The molecule has 0 unspecified atom stereocenters. The van der Waals surface area contributed by atoms with Gasteiger partial charge in [0.15, 0.2) is 0 Å². The summed E-state index contributed by atoms with van der Waals surface area (Å²) in [6.45, 7) is 1.94. The first-order chi connectivity index (χ1) is 13.6. The Morgan fingerprint density at radius 3 is 2.50 bits per heavy atom. The van der Waals surface area contributed by atoms with E-state index in [1.807, 2.05) is 19.1 Å². The van der Waals surface area contributed by atoms with Crippen LogP contribution in [0.15, 0.2) is 36.5 Å². The molecular formula is C22H27N3O3. The van der Waals surface area contributed by atoms with Crippen molar-refractivity contribution in [3.05, 3.63) is 53.3 Å². The second-order valence-corrected chi connectivity index (χ2v) is 7.25. The van der Waals surface area contributed by atoms with Crippen LogP contribution in [0.2, 0.25) is 0 Å². The molecule has 2 amide bonds. The third-order valence-electron chi connectivity index (χ3n) is 5.05. The summed E-state index contributed by atoms with van der Waals surface area (Å²) in [6, 6.07) is 8.91. The van der Waals surface area contributed by atoms with Gasteiger partial charge in [-0.25, -0.2) is 0 Å². The molecule has 6 heteroatoms. The lowest BCUT2D eigenvalue weighted by Crippen LogP contribution is -2.34. The van der Waals surface area contributed by atoms with Crippen molar-refractivity contribution in [2.24, 2.45) is 0 Å². The maximum absolute atomic E-state index is 12.6. The molecule has 0 saturated heterocycles. The maximum Gasteiger partial charge on any atom is 0.274 e. The summed E-state index contributed by atoms with van der Waals surface area (Å²) < 4.78 is 5.29. The molecular weight excluding hydrogens is 354 g/mol. The van der Waals surface area contributed by atoms with Crippen molar-refractivity contribution in [2.75, 3.05) is 12.4 Å². The SMILES string of the molecule is COc1ccc(C)cc1NC(=O)c1cc(C(=O)NC2CCCCCC2)ccn1. The number of carbonyl (C=O) groups excluding carboxylic acids is 2. The van der Waals surface area contributed by atoms with E-state index in [-0.39, 0.29) is 23.6 Å². The van der Waals surface area contributed by atoms with E-state index in [0.717, 1.165) is 31.2 Å². The summed E-state index contributed by atoms with van der Waals surface area (Å²) in [5.74, 6) is 0.0331. The van der Waals surface area contributed by atoms with Crippen LogP contribution in [0, 0.1) is 6.92 Å². The van der Waals surface area contributed by atoms with Crippen LogP contribution in [0.1, 0.15) is 64.9 Å². The Balaban J connectivity index is 1.71. The van der Waals surface area contributed by atoms with E-state index in [2.05, 4.69) is 15.6 Å². The monoisotopic (exact) mass is 381 g/mol. The van der Waals surface area contributed by atoms with Crippen molar-refractivity contribution in [3.63, 3.8) is 0 Å². The molecule has 0 aliphatic heterocycles. The quantitative estimate of drug-likeness (QED) is 0.764. The fourth-order valence-corrected chi connectivity index (χ4v) is 3.49. The first kappa shape index (κ1) is 19.9. The largest absolute Gasteiger partial charge is 0.495 e. The number of hydrogen-bond acceptors (Lipinski definition) is 4. The Kier molecular flexibility index (Phi) is 6.63. The van der Waals surface area contributed by atoms with E-state index in [1.165, 1.54) is 25.1 Å². The summed E-state index contributed by atoms with van der Waals surface area (Å²) in [6.07, 6.45) is 8.27. The van der Waals surface area contributed by atoms with E-state index < -0.39 is 0 Å². The van der Waals surface area contributed by atoms with Gasteiger partial charge >= 0.3 is 0 Å². The average molecular weight is 381 g/mol. The van der Waals surface area contributed by atoms with Crippen molar-refractivity contribution >= 4 is 17.5 Å². The van der Waals surface area contributed by atoms with Crippen molar-refractivity contribution in [2.45, 2.75) is 51.5 Å². The first-order valence-corrected chi connectivity index (χ1v) is 9.79. The van der Waals surface area contributed by atoms with Gasteiger partial charge in [-0.2, -0.15) is 0 Å². The molecule has 2 aromatic rings. The minimum atomic E-state index is -0.381. The number of amides is 2. The summed E-state index contributed by atoms with van der Waals surface area (Å²) in [4.78, 5) is 29.4. The molecule has 3 rings (SSSR count). The van der Waals surface area contributed by atoms with Crippen LogP contribution in [0.3, 0.4) is 0 Å². The Morgan fingerprint density at radius 1 is 1.04 bits per heavy atom. The van der Waals surface area contributed by atoms with Crippen molar-refractivity contribution < 1.29 is 14.3 Å². The number of benzene rings is 1. The Hall–Kier alpha value is -2.89. The fraction of sp³-hybridized carbons (Fsp3) is 0.409. The molecule has 1 aromatic heterocycles. The summed E-state index contributed by atoms with van der Waals surface area (Å²) in [7, 11) is 1.55. The Labute approximate surface area is 165 Å². The van der Waals surface area contributed by atoms with Crippen LogP contribution in [0.5, 0.6) is 5.75 Å². The number of pyridine rings is 1. The molecule has 1 aromatic carbocycles. The number of rotatable bonds is 5. The van der Waals surface area contributed by atoms with Crippen LogP contribution in [0.4, 0.5) is 5.69 Å². The van der Waals surface area contributed by atoms with Gasteiger partial charge in [-0.3, -0.25) is 14.6 Å². The number of nitrogens with one attached hydrogen (secondary N) is 2. The first-order valence-electron chi connectivity index (χ1n) is 9.79. The van der Waals surface area contributed by atoms with E-state index in [1.54, 1.807) is 19.2 Å². The molecule has 28 heavy (non-hydrogen) atoms. The number of anilines is 1. The number of hydrogen-bond donors (Lipinski definition) is 2. The molecule has 6 nitrogen and oxygen atoms in total. The van der Waals surface area contributed by atoms with Crippen LogP contribution in [-0.2, 0) is 0 Å². The number of ether oxygens (including phenoxy) is 1. The third-order valence-corrected chi connectivity index (χ3v) is 5.05. The highest BCUT2D eigenvalue weighted by Gasteiger charge is 2.18. The smallest absolute Gasteiger partial charge is 0.274 e. The molecule has 1 aliphatic carbocycles. The molecule has 1 aliphatic rings. The van der Waals surface area contributed by atoms with Crippen LogP contribution in [0.25, 0.3) is 0 Å². The van der Waals surface area contributed by atoms with Gasteiger partial charge in [0.05, 0.1) is 12.8 Å². The molecule has 0 spiro atoms. The molecule has 0 atom stereocenters. The number of methoxy groups -OCH3 is 1. The van der Waals surface area contributed by atoms with Gasteiger partial charge in [0.2, 0.25) is 0 Å². The second kappa shape index (κ2) is 9.35. The number of carbonyl (C=O) groups is 2. The molecule has 1 heterocycles. The van der Waals surface area contributed by atoms with Crippen LogP contribution in [-0.4, -0.2) is 29.9 Å². The molecule has 0 radical (unpaired) electrons.